The molecule has 6 nitrogen and oxygen atoms in total. The van der Waals surface area contributed by atoms with Gasteiger partial charge in [-0.15, -0.1) is 0 Å². The molecular formula is C15H26N4O2S. The standard InChI is InChI=1S/C15H26N4O2S/c1-16-15-9-6-7-13(17-15)10-11-14-8-4-5-12-19(14)22(20,21)18(2)3/h6-7,9,14H,4-5,8,10-12H2,1-3H3,(H,16,17). The molecule has 2 rings (SSSR count). The van der Waals surface area contributed by atoms with E-state index in [1.54, 1.807) is 18.4 Å². The summed E-state index contributed by atoms with van der Waals surface area (Å²) in [7, 11) is 1.71. The summed E-state index contributed by atoms with van der Waals surface area (Å²) in [5.41, 5.74) is 1.000. The Kier molecular flexibility index (Phi) is 5.77. The summed E-state index contributed by atoms with van der Waals surface area (Å²) < 4.78 is 27.8. The second-order valence-corrected chi connectivity index (χ2v) is 7.95. The van der Waals surface area contributed by atoms with Crippen LogP contribution in [0.25, 0.3) is 0 Å². The highest BCUT2D eigenvalue weighted by Gasteiger charge is 2.33. The molecule has 0 spiro atoms. The lowest BCUT2D eigenvalue weighted by Gasteiger charge is -2.36. The number of nitrogens with one attached hydrogen (secondary N) is 1. The Morgan fingerprint density at radius 2 is 2.14 bits per heavy atom. The summed E-state index contributed by atoms with van der Waals surface area (Å²) in [6.45, 7) is 0.620. The lowest BCUT2D eigenvalue weighted by atomic mass is 9.99. The van der Waals surface area contributed by atoms with Crippen LogP contribution in [-0.4, -0.2) is 55.7 Å². The number of rotatable bonds is 6. The van der Waals surface area contributed by atoms with Gasteiger partial charge in [0.15, 0.2) is 0 Å². The van der Waals surface area contributed by atoms with E-state index >= 15 is 0 Å². The van der Waals surface area contributed by atoms with Crippen LogP contribution in [0.2, 0.25) is 0 Å². The fourth-order valence-corrected chi connectivity index (χ4v) is 4.22. The molecule has 0 aromatic carbocycles. The summed E-state index contributed by atoms with van der Waals surface area (Å²) >= 11 is 0. The van der Waals surface area contributed by atoms with Crippen LogP contribution >= 0.6 is 0 Å². The first kappa shape index (κ1) is 17.2. The van der Waals surface area contributed by atoms with Crippen LogP contribution in [0.15, 0.2) is 18.2 Å². The number of hydrogen-bond acceptors (Lipinski definition) is 4. The van der Waals surface area contributed by atoms with Crippen LogP contribution in [0, 0.1) is 0 Å². The van der Waals surface area contributed by atoms with Gasteiger partial charge in [0.25, 0.3) is 10.2 Å². The number of aromatic nitrogens is 1. The molecule has 0 radical (unpaired) electrons. The van der Waals surface area contributed by atoms with E-state index in [0.717, 1.165) is 43.6 Å². The number of hydrogen-bond donors (Lipinski definition) is 1. The van der Waals surface area contributed by atoms with Gasteiger partial charge in [-0.2, -0.15) is 17.0 Å². The third kappa shape index (κ3) is 3.97. The van der Waals surface area contributed by atoms with Gasteiger partial charge in [0, 0.05) is 39.4 Å². The van der Waals surface area contributed by atoms with Crippen LogP contribution in [0.1, 0.15) is 31.4 Å². The molecule has 2 heterocycles. The molecule has 1 unspecified atom stereocenters. The van der Waals surface area contributed by atoms with Gasteiger partial charge < -0.3 is 5.32 Å². The van der Waals surface area contributed by atoms with Crippen molar-refractivity contribution in [1.82, 2.24) is 13.6 Å². The van der Waals surface area contributed by atoms with Crippen molar-refractivity contribution in [2.24, 2.45) is 0 Å². The van der Waals surface area contributed by atoms with Crippen LogP contribution in [0.4, 0.5) is 5.82 Å². The van der Waals surface area contributed by atoms with Crippen molar-refractivity contribution in [3.05, 3.63) is 23.9 Å². The van der Waals surface area contributed by atoms with Gasteiger partial charge in [-0.25, -0.2) is 4.98 Å². The molecule has 0 amide bonds. The van der Waals surface area contributed by atoms with Gasteiger partial charge in [0.2, 0.25) is 0 Å². The molecule has 1 saturated heterocycles. The van der Waals surface area contributed by atoms with Gasteiger partial charge in [-0.05, 0) is 37.8 Å². The minimum absolute atomic E-state index is 0.0705. The van der Waals surface area contributed by atoms with Crippen molar-refractivity contribution in [2.75, 3.05) is 33.0 Å². The third-order valence-electron chi connectivity index (χ3n) is 4.13. The number of aryl methyl sites for hydroxylation is 1. The zero-order chi connectivity index (χ0) is 16.2. The predicted octanol–water partition coefficient (Wildman–Crippen LogP) is 1.72. The lowest BCUT2D eigenvalue weighted by molar-refractivity contribution is 0.229. The quantitative estimate of drug-likeness (QED) is 0.864. The van der Waals surface area contributed by atoms with E-state index in [0.29, 0.717) is 6.54 Å². The molecule has 1 fully saturated rings. The van der Waals surface area contributed by atoms with E-state index in [-0.39, 0.29) is 6.04 Å². The zero-order valence-electron chi connectivity index (χ0n) is 13.6. The predicted molar refractivity (Wildman–Crippen MR) is 89.1 cm³/mol. The van der Waals surface area contributed by atoms with Crippen LogP contribution in [-0.2, 0) is 16.6 Å². The first-order chi connectivity index (χ1) is 10.4. The second kappa shape index (κ2) is 7.39. The Balaban J connectivity index is 2.06. The number of nitrogens with zero attached hydrogens (tertiary/aromatic N) is 3. The molecule has 0 bridgehead atoms. The van der Waals surface area contributed by atoms with Crippen molar-refractivity contribution in [3.8, 4) is 0 Å². The molecule has 1 aliphatic heterocycles. The van der Waals surface area contributed by atoms with Crippen LogP contribution in [0.5, 0.6) is 0 Å². The average Bonchev–Trinajstić information content (AvgIpc) is 2.53. The maximum atomic E-state index is 12.4. The smallest absolute Gasteiger partial charge is 0.281 e. The maximum absolute atomic E-state index is 12.4. The molecule has 0 saturated carbocycles. The first-order valence-corrected chi connectivity index (χ1v) is 9.18. The van der Waals surface area contributed by atoms with Crippen molar-refractivity contribution in [2.45, 2.75) is 38.1 Å². The Labute approximate surface area is 133 Å². The molecule has 1 N–H and O–H groups in total. The van der Waals surface area contributed by atoms with E-state index < -0.39 is 10.2 Å². The van der Waals surface area contributed by atoms with E-state index in [1.165, 1.54) is 4.31 Å². The molecule has 7 heteroatoms. The maximum Gasteiger partial charge on any atom is 0.281 e. The average molecular weight is 326 g/mol. The van der Waals surface area contributed by atoms with E-state index in [4.69, 9.17) is 0 Å². The summed E-state index contributed by atoms with van der Waals surface area (Å²) in [6.07, 6.45) is 4.57. The minimum atomic E-state index is -3.33. The summed E-state index contributed by atoms with van der Waals surface area (Å²) in [5.74, 6) is 0.846. The Morgan fingerprint density at radius 1 is 1.36 bits per heavy atom. The number of anilines is 1. The molecule has 1 aromatic heterocycles. The zero-order valence-corrected chi connectivity index (χ0v) is 14.4. The molecule has 124 valence electrons. The lowest BCUT2D eigenvalue weighted by Crippen LogP contribution is -2.48. The molecule has 22 heavy (non-hydrogen) atoms. The van der Waals surface area contributed by atoms with E-state index in [2.05, 4.69) is 10.3 Å². The monoisotopic (exact) mass is 326 g/mol. The van der Waals surface area contributed by atoms with Gasteiger partial charge in [-0.1, -0.05) is 12.5 Å². The van der Waals surface area contributed by atoms with Gasteiger partial charge in [0.1, 0.15) is 5.82 Å². The fraction of sp³-hybridized carbons (Fsp3) is 0.667. The highest BCUT2D eigenvalue weighted by atomic mass is 32.2. The molecule has 0 aliphatic carbocycles. The summed E-state index contributed by atoms with van der Waals surface area (Å²) in [4.78, 5) is 4.51. The van der Waals surface area contributed by atoms with Crippen molar-refractivity contribution >= 4 is 16.0 Å². The Bertz CT molecular complexity index is 589. The van der Waals surface area contributed by atoms with Gasteiger partial charge >= 0.3 is 0 Å². The molecular weight excluding hydrogens is 300 g/mol. The number of piperidine rings is 1. The van der Waals surface area contributed by atoms with Crippen molar-refractivity contribution in [3.63, 3.8) is 0 Å². The summed E-state index contributed by atoms with van der Waals surface area (Å²) in [5, 5.41) is 3.03. The van der Waals surface area contributed by atoms with Crippen LogP contribution in [0.3, 0.4) is 0 Å². The Morgan fingerprint density at radius 3 is 2.82 bits per heavy atom. The topological polar surface area (TPSA) is 65.5 Å². The highest BCUT2D eigenvalue weighted by Crippen LogP contribution is 2.25. The molecule has 1 aromatic rings. The third-order valence-corrected chi connectivity index (χ3v) is 6.12. The van der Waals surface area contributed by atoms with E-state index in [1.807, 2.05) is 25.2 Å². The highest BCUT2D eigenvalue weighted by molar-refractivity contribution is 7.86. The van der Waals surface area contributed by atoms with Crippen molar-refractivity contribution < 1.29 is 8.42 Å². The Hall–Kier alpha value is -1.18. The molecule has 1 aliphatic rings. The van der Waals surface area contributed by atoms with Crippen molar-refractivity contribution in [1.29, 1.82) is 0 Å². The van der Waals surface area contributed by atoms with Crippen LogP contribution < -0.4 is 5.32 Å². The first-order valence-electron chi connectivity index (χ1n) is 7.78. The summed E-state index contributed by atoms with van der Waals surface area (Å²) in [6, 6.07) is 5.96. The fourth-order valence-electron chi connectivity index (χ4n) is 2.85. The van der Waals surface area contributed by atoms with E-state index in [9.17, 15) is 8.42 Å². The number of pyridine rings is 1. The van der Waals surface area contributed by atoms with Gasteiger partial charge in [0.05, 0.1) is 0 Å². The SMILES string of the molecule is CNc1cccc(CCC2CCCCN2S(=O)(=O)N(C)C)n1. The second-order valence-electron chi connectivity index (χ2n) is 5.85. The molecule has 1 atom stereocenters. The largest absolute Gasteiger partial charge is 0.373 e. The minimum Gasteiger partial charge on any atom is -0.373 e. The normalized spacial score (nSPS) is 20.3. The van der Waals surface area contributed by atoms with Gasteiger partial charge in [-0.3, -0.25) is 0 Å².